The molecule has 0 aliphatic rings. The Labute approximate surface area is 175 Å². The Morgan fingerprint density at radius 3 is 2.07 bits per heavy atom. The van der Waals surface area contributed by atoms with E-state index in [-0.39, 0.29) is 6.42 Å². The number of nitrogens with two attached hydrogens (primary N) is 2. The summed E-state index contributed by atoms with van der Waals surface area (Å²) in [6, 6.07) is -3.25. The quantitative estimate of drug-likeness (QED) is 0.144. The van der Waals surface area contributed by atoms with Gasteiger partial charge in [-0.05, 0) is 31.7 Å². The van der Waals surface area contributed by atoms with Crippen molar-refractivity contribution in [3.8, 4) is 0 Å². The van der Waals surface area contributed by atoms with Gasteiger partial charge in [-0.25, -0.2) is 4.79 Å². The molecule has 3 unspecified atom stereocenters. The minimum Gasteiger partial charge on any atom is -0.481 e. The summed E-state index contributed by atoms with van der Waals surface area (Å²) in [5, 5.41) is 24.9. The lowest BCUT2D eigenvalue weighted by molar-refractivity contribution is -0.143. The third-order valence-electron chi connectivity index (χ3n) is 4.26. The van der Waals surface area contributed by atoms with Crippen LogP contribution in [0, 0.1) is 5.92 Å². The highest BCUT2D eigenvalue weighted by atomic mass is 16.4. The number of carbonyl (C=O) groups is 5. The molecule has 12 nitrogen and oxygen atoms in total. The fraction of sp³-hybridized carbons (Fsp3) is 0.722. The van der Waals surface area contributed by atoms with Crippen LogP contribution >= 0.6 is 0 Å². The molecule has 3 atom stereocenters. The maximum absolute atomic E-state index is 12.4. The Morgan fingerprint density at radius 2 is 1.57 bits per heavy atom. The molecule has 0 heterocycles. The summed E-state index contributed by atoms with van der Waals surface area (Å²) >= 11 is 0. The van der Waals surface area contributed by atoms with E-state index in [1.807, 2.05) is 0 Å². The van der Waals surface area contributed by atoms with Gasteiger partial charge in [-0.1, -0.05) is 20.3 Å². The van der Waals surface area contributed by atoms with E-state index in [0.717, 1.165) is 6.42 Å². The molecule has 172 valence electrons. The van der Waals surface area contributed by atoms with Crippen molar-refractivity contribution in [2.24, 2.45) is 17.4 Å². The molecule has 0 saturated carbocycles. The number of nitrogens with one attached hydrogen (secondary N) is 3. The van der Waals surface area contributed by atoms with Crippen LogP contribution in [0.25, 0.3) is 0 Å². The molecular weight excluding hydrogens is 398 g/mol. The Kier molecular flexibility index (Phi) is 13.0. The van der Waals surface area contributed by atoms with Crippen LogP contribution in [0.2, 0.25) is 0 Å². The topological polar surface area (TPSA) is 214 Å². The molecule has 0 saturated heterocycles. The van der Waals surface area contributed by atoms with Crippen molar-refractivity contribution in [3.05, 3.63) is 0 Å². The highest BCUT2D eigenvalue weighted by Crippen LogP contribution is 2.05. The van der Waals surface area contributed by atoms with E-state index in [2.05, 4.69) is 16.0 Å². The van der Waals surface area contributed by atoms with E-state index < -0.39 is 66.7 Å². The summed E-state index contributed by atoms with van der Waals surface area (Å²) in [6.45, 7) is 3.38. The van der Waals surface area contributed by atoms with Gasteiger partial charge >= 0.3 is 11.9 Å². The molecule has 0 aliphatic carbocycles. The highest BCUT2D eigenvalue weighted by molar-refractivity contribution is 5.92. The van der Waals surface area contributed by atoms with Crippen LogP contribution in [0.5, 0.6) is 0 Å². The van der Waals surface area contributed by atoms with Gasteiger partial charge in [0.05, 0.1) is 12.6 Å². The molecule has 3 amide bonds. The normalized spacial score (nSPS) is 13.8. The number of hydrogen-bond acceptors (Lipinski definition) is 7. The fourth-order valence-electron chi connectivity index (χ4n) is 2.48. The SMILES string of the molecule is CC(C)C(NC(=O)CNC(=O)C(N)CCCCN)C(=O)NC(CCC(=O)O)C(=O)O. The zero-order valence-corrected chi connectivity index (χ0v) is 17.3. The Hall–Kier alpha value is -2.73. The maximum Gasteiger partial charge on any atom is 0.326 e. The first-order valence-electron chi connectivity index (χ1n) is 9.77. The molecule has 0 aromatic rings. The summed E-state index contributed by atoms with van der Waals surface area (Å²) in [7, 11) is 0. The number of aliphatic carboxylic acids is 2. The third-order valence-corrected chi connectivity index (χ3v) is 4.26. The molecule has 0 aromatic carbocycles. The van der Waals surface area contributed by atoms with E-state index in [9.17, 15) is 24.0 Å². The number of carboxylic acid groups (broad SMARTS) is 2. The first-order valence-corrected chi connectivity index (χ1v) is 9.77. The van der Waals surface area contributed by atoms with Crippen LogP contribution in [0.4, 0.5) is 0 Å². The van der Waals surface area contributed by atoms with E-state index in [0.29, 0.717) is 19.4 Å². The van der Waals surface area contributed by atoms with E-state index >= 15 is 0 Å². The molecule has 30 heavy (non-hydrogen) atoms. The Bertz CT molecular complexity index is 612. The zero-order chi connectivity index (χ0) is 23.3. The summed E-state index contributed by atoms with van der Waals surface area (Å²) in [5.74, 6) is -4.88. The maximum atomic E-state index is 12.4. The number of unbranched alkanes of at least 4 members (excludes halogenated alkanes) is 1. The molecule has 0 radical (unpaired) electrons. The largest absolute Gasteiger partial charge is 0.481 e. The van der Waals surface area contributed by atoms with Crippen LogP contribution in [-0.4, -0.2) is 71.1 Å². The van der Waals surface area contributed by atoms with Gasteiger partial charge in [-0.15, -0.1) is 0 Å². The van der Waals surface area contributed by atoms with Crippen molar-refractivity contribution in [1.29, 1.82) is 0 Å². The van der Waals surface area contributed by atoms with Gasteiger partial charge in [0.2, 0.25) is 17.7 Å². The van der Waals surface area contributed by atoms with Crippen LogP contribution < -0.4 is 27.4 Å². The molecule has 0 aromatic heterocycles. The van der Waals surface area contributed by atoms with Crippen molar-refractivity contribution in [3.63, 3.8) is 0 Å². The number of carboxylic acids is 2. The van der Waals surface area contributed by atoms with Crippen LogP contribution in [0.3, 0.4) is 0 Å². The summed E-state index contributed by atoms with van der Waals surface area (Å²) in [5.41, 5.74) is 11.1. The predicted molar refractivity (Wildman–Crippen MR) is 107 cm³/mol. The number of amides is 3. The molecule has 0 rings (SSSR count). The molecule has 0 spiro atoms. The molecular formula is C18H33N5O7. The van der Waals surface area contributed by atoms with Crippen LogP contribution in [-0.2, 0) is 24.0 Å². The minimum atomic E-state index is -1.40. The molecule has 12 heteroatoms. The standard InChI is InChI=1S/C18H33N5O7/c1-10(2)15(17(28)22-12(18(29)30)6-7-14(25)26)23-13(24)9-21-16(27)11(20)5-3-4-8-19/h10-12,15H,3-9,19-20H2,1-2H3,(H,21,27)(H,22,28)(H,23,24)(H,25,26)(H,29,30). The van der Waals surface area contributed by atoms with Crippen LogP contribution in [0.1, 0.15) is 46.0 Å². The number of rotatable bonds is 15. The van der Waals surface area contributed by atoms with Crippen molar-refractivity contribution in [2.75, 3.05) is 13.1 Å². The van der Waals surface area contributed by atoms with Gasteiger partial charge in [0.1, 0.15) is 12.1 Å². The second-order valence-corrected chi connectivity index (χ2v) is 7.23. The summed E-state index contributed by atoms with van der Waals surface area (Å²) < 4.78 is 0. The Morgan fingerprint density at radius 1 is 0.933 bits per heavy atom. The first-order chi connectivity index (χ1) is 14.0. The van der Waals surface area contributed by atoms with Crippen molar-refractivity contribution >= 4 is 29.7 Å². The van der Waals surface area contributed by atoms with Gasteiger partial charge in [-0.2, -0.15) is 0 Å². The van der Waals surface area contributed by atoms with Gasteiger partial charge in [0, 0.05) is 6.42 Å². The summed E-state index contributed by atoms with van der Waals surface area (Å²) in [6.07, 6.45) is 1.10. The van der Waals surface area contributed by atoms with Gasteiger partial charge in [-0.3, -0.25) is 19.2 Å². The van der Waals surface area contributed by atoms with Crippen molar-refractivity contribution in [1.82, 2.24) is 16.0 Å². The van der Waals surface area contributed by atoms with E-state index in [1.54, 1.807) is 13.8 Å². The number of hydrogen-bond donors (Lipinski definition) is 7. The van der Waals surface area contributed by atoms with Crippen molar-refractivity contribution < 1.29 is 34.2 Å². The second-order valence-electron chi connectivity index (χ2n) is 7.23. The molecule has 0 fully saturated rings. The predicted octanol–water partition coefficient (Wildman–Crippen LogP) is -1.87. The van der Waals surface area contributed by atoms with E-state index in [4.69, 9.17) is 21.7 Å². The molecule has 0 aliphatic heterocycles. The highest BCUT2D eigenvalue weighted by Gasteiger charge is 2.29. The third kappa shape index (κ3) is 11.3. The molecule has 0 bridgehead atoms. The lowest BCUT2D eigenvalue weighted by Crippen LogP contribution is -2.55. The zero-order valence-electron chi connectivity index (χ0n) is 17.3. The second kappa shape index (κ2) is 14.3. The van der Waals surface area contributed by atoms with Gasteiger partial charge < -0.3 is 37.6 Å². The monoisotopic (exact) mass is 431 g/mol. The number of carbonyl (C=O) groups excluding carboxylic acids is 3. The lowest BCUT2D eigenvalue weighted by Gasteiger charge is -2.24. The van der Waals surface area contributed by atoms with Crippen molar-refractivity contribution in [2.45, 2.75) is 64.1 Å². The van der Waals surface area contributed by atoms with Gasteiger partial charge in [0.25, 0.3) is 0 Å². The smallest absolute Gasteiger partial charge is 0.326 e. The Balaban J connectivity index is 4.73. The fourth-order valence-corrected chi connectivity index (χ4v) is 2.48. The average Bonchev–Trinajstić information content (AvgIpc) is 2.66. The van der Waals surface area contributed by atoms with Crippen LogP contribution in [0.15, 0.2) is 0 Å². The first kappa shape index (κ1) is 27.3. The molecule has 9 N–H and O–H groups in total. The average molecular weight is 431 g/mol. The van der Waals surface area contributed by atoms with E-state index in [1.165, 1.54) is 0 Å². The lowest BCUT2D eigenvalue weighted by atomic mass is 10.0. The summed E-state index contributed by atoms with van der Waals surface area (Å²) in [4.78, 5) is 58.3. The minimum absolute atomic E-state index is 0.298. The van der Waals surface area contributed by atoms with Gasteiger partial charge in [0.15, 0.2) is 0 Å².